The van der Waals surface area contributed by atoms with Crippen LogP contribution in [0.25, 0.3) is 10.8 Å². The van der Waals surface area contributed by atoms with Crippen LogP contribution in [-0.2, 0) is 13.1 Å². The average Bonchev–Trinajstić information content (AvgIpc) is 3.29. The van der Waals surface area contributed by atoms with Crippen molar-refractivity contribution in [3.05, 3.63) is 49.8 Å². The van der Waals surface area contributed by atoms with E-state index in [9.17, 15) is 9.59 Å². The molecule has 0 bridgehead atoms. The summed E-state index contributed by atoms with van der Waals surface area (Å²) in [7, 11) is 0. The van der Waals surface area contributed by atoms with Crippen LogP contribution in [0, 0.1) is 12.8 Å². The van der Waals surface area contributed by atoms with Gasteiger partial charge in [-0.3, -0.25) is 14.3 Å². The van der Waals surface area contributed by atoms with Crippen molar-refractivity contribution in [1.29, 1.82) is 0 Å². The van der Waals surface area contributed by atoms with E-state index in [0.29, 0.717) is 25.3 Å². The third kappa shape index (κ3) is 4.84. The van der Waals surface area contributed by atoms with Gasteiger partial charge in [-0.1, -0.05) is 27.2 Å². The number of furan rings is 1. The highest BCUT2D eigenvalue weighted by atomic mass is 32.1. The molecule has 0 aliphatic rings. The van der Waals surface area contributed by atoms with Crippen molar-refractivity contribution in [3.63, 3.8) is 0 Å². The summed E-state index contributed by atoms with van der Waals surface area (Å²) in [6.45, 7) is 9.56. The molecule has 0 saturated heterocycles. The summed E-state index contributed by atoms with van der Waals surface area (Å²) in [6.07, 6.45) is 1.72. The summed E-state index contributed by atoms with van der Waals surface area (Å²) in [5.41, 5.74) is 6.52. The van der Waals surface area contributed by atoms with Gasteiger partial charge in [-0.15, -0.1) is 11.3 Å². The first-order valence-electron chi connectivity index (χ1n) is 10.2. The lowest BCUT2D eigenvalue weighted by atomic mass is 10.2. The zero-order chi connectivity index (χ0) is 21.8. The second kappa shape index (κ2) is 9.34. The summed E-state index contributed by atoms with van der Waals surface area (Å²) < 4.78 is 7.11. The molecule has 9 heteroatoms. The van der Waals surface area contributed by atoms with E-state index in [4.69, 9.17) is 10.2 Å². The topological polar surface area (TPSA) is 110 Å². The van der Waals surface area contributed by atoms with E-state index >= 15 is 0 Å². The maximum absolute atomic E-state index is 12.7. The first-order chi connectivity index (χ1) is 14.3. The Hall–Kier alpha value is -2.81. The van der Waals surface area contributed by atoms with E-state index in [0.717, 1.165) is 35.1 Å². The minimum atomic E-state index is -0.469. The van der Waals surface area contributed by atoms with Gasteiger partial charge in [-0.25, -0.2) is 9.78 Å². The van der Waals surface area contributed by atoms with E-state index in [1.54, 1.807) is 0 Å². The molecule has 3 aromatic rings. The SMILES string of the molecule is CCCCn1c(N)c(N(Cc2csc(-c3ccc(C)o3)n2)CC(C)C)c(=O)[nH]c1=O. The minimum absolute atomic E-state index is 0.204. The summed E-state index contributed by atoms with van der Waals surface area (Å²) in [5, 5.41) is 2.75. The van der Waals surface area contributed by atoms with Gasteiger partial charge < -0.3 is 15.1 Å². The number of hydrogen-bond donors (Lipinski definition) is 2. The van der Waals surface area contributed by atoms with Crippen LogP contribution in [0.3, 0.4) is 0 Å². The highest BCUT2D eigenvalue weighted by Gasteiger charge is 2.21. The Labute approximate surface area is 179 Å². The molecule has 0 atom stereocenters. The first-order valence-corrected chi connectivity index (χ1v) is 11.1. The summed E-state index contributed by atoms with van der Waals surface area (Å²) >= 11 is 1.49. The first kappa shape index (κ1) is 21.9. The van der Waals surface area contributed by atoms with E-state index < -0.39 is 11.2 Å². The molecule has 0 spiro atoms. The number of rotatable bonds is 9. The van der Waals surface area contributed by atoms with Gasteiger partial charge in [0.1, 0.15) is 17.3 Å². The van der Waals surface area contributed by atoms with Crippen molar-refractivity contribution >= 4 is 22.8 Å². The normalized spacial score (nSPS) is 11.4. The molecule has 0 saturated carbocycles. The molecule has 0 unspecified atom stereocenters. The molecular formula is C21H29N5O3S. The molecule has 0 aromatic carbocycles. The van der Waals surface area contributed by atoms with Gasteiger partial charge in [0.2, 0.25) is 0 Å². The summed E-state index contributed by atoms with van der Waals surface area (Å²) in [4.78, 5) is 34.0. The van der Waals surface area contributed by atoms with E-state index in [1.165, 1.54) is 15.9 Å². The Morgan fingerprint density at radius 3 is 2.73 bits per heavy atom. The predicted molar refractivity (Wildman–Crippen MR) is 121 cm³/mol. The Balaban J connectivity index is 1.96. The number of nitrogens with zero attached hydrogens (tertiary/aromatic N) is 3. The van der Waals surface area contributed by atoms with Crippen molar-refractivity contribution in [1.82, 2.24) is 14.5 Å². The van der Waals surface area contributed by atoms with Gasteiger partial charge in [-0.2, -0.15) is 0 Å². The fourth-order valence-electron chi connectivity index (χ4n) is 3.33. The number of unbranched alkanes of at least 4 members (excludes halogenated alkanes) is 1. The molecule has 162 valence electrons. The number of hydrogen-bond acceptors (Lipinski definition) is 7. The lowest BCUT2D eigenvalue weighted by Crippen LogP contribution is -2.39. The molecule has 3 rings (SSSR count). The quantitative estimate of drug-likeness (QED) is 0.535. The lowest BCUT2D eigenvalue weighted by molar-refractivity contribution is 0.547. The molecule has 3 heterocycles. The maximum atomic E-state index is 12.7. The maximum Gasteiger partial charge on any atom is 0.330 e. The average molecular weight is 432 g/mol. The van der Waals surface area contributed by atoms with Gasteiger partial charge >= 0.3 is 5.69 Å². The van der Waals surface area contributed by atoms with Crippen LogP contribution >= 0.6 is 11.3 Å². The Bertz CT molecular complexity index is 1110. The monoisotopic (exact) mass is 431 g/mol. The molecule has 0 aliphatic carbocycles. The predicted octanol–water partition coefficient (Wildman–Crippen LogP) is 3.61. The molecule has 0 aliphatic heterocycles. The van der Waals surface area contributed by atoms with E-state index in [2.05, 4.69) is 23.8 Å². The number of nitrogen functional groups attached to an aromatic ring is 1. The van der Waals surface area contributed by atoms with Crippen molar-refractivity contribution < 1.29 is 4.42 Å². The second-order valence-corrected chi connectivity index (χ2v) is 8.69. The number of thiazole rings is 1. The second-order valence-electron chi connectivity index (χ2n) is 7.83. The van der Waals surface area contributed by atoms with Crippen LogP contribution in [-0.4, -0.2) is 21.1 Å². The Morgan fingerprint density at radius 2 is 2.10 bits per heavy atom. The van der Waals surface area contributed by atoms with E-state index in [-0.39, 0.29) is 11.7 Å². The molecule has 0 radical (unpaired) electrons. The molecular weight excluding hydrogens is 402 g/mol. The highest BCUT2D eigenvalue weighted by Crippen LogP contribution is 2.27. The van der Waals surface area contributed by atoms with E-state index in [1.807, 2.05) is 36.3 Å². The van der Waals surface area contributed by atoms with Gasteiger partial charge in [0.15, 0.2) is 10.8 Å². The van der Waals surface area contributed by atoms with Gasteiger partial charge in [0.25, 0.3) is 5.56 Å². The number of anilines is 2. The molecule has 8 nitrogen and oxygen atoms in total. The smallest absolute Gasteiger partial charge is 0.330 e. The van der Waals surface area contributed by atoms with Crippen LogP contribution in [0.2, 0.25) is 0 Å². The van der Waals surface area contributed by atoms with Crippen molar-refractivity contribution in [2.24, 2.45) is 5.92 Å². The van der Waals surface area contributed by atoms with Gasteiger partial charge in [0, 0.05) is 18.5 Å². The van der Waals surface area contributed by atoms with Gasteiger partial charge in [0.05, 0.1) is 12.2 Å². The third-order valence-corrected chi connectivity index (χ3v) is 5.61. The number of aromatic amines is 1. The van der Waals surface area contributed by atoms with Crippen LogP contribution < -0.4 is 21.9 Å². The lowest BCUT2D eigenvalue weighted by Gasteiger charge is -2.27. The Morgan fingerprint density at radius 1 is 1.33 bits per heavy atom. The third-order valence-electron chi connectivity index (χ3n) is 4.71. The number of nitrogens with two attached hydrogens (primary N) is 1. The largest absolute Gasteiger partial charge is 0.459 e. The van der Waals surface area contributed by atoms with Crippen molar-refractivity contribution in [3.8, 4) is 10.8 Å². The van der Waals surface area contributed by atoms with Crippen LogP contribution in [0.15, 0.2) is 31.5 Å². The standard InChI is InChI=1S/C21H29N5O3S/c1-5-6-9-26-18(22)17(19(27)24-21(26)28)25(10-13(2)3)11-15-12-30-20(23-15)16-8-7-14(4)29-16/h7-8,12-13H,5-6,9-11,22H2,1-4H3,(H,24,27,28). The molecule has 3 aromatic heterocycles. The molecule has 0 amide bonds. The number of nitrogens with one attached hydrogen (secondary N) is 1. The summed E-state index contributed by atoms with van der Waals surface area (Å²) in [5.74, 6) is 2.04. The fourth-order valence-corrected chi connectivity index (χ4v) is 4.11. The van der Waals surface area contributed by atoms with Crippen LogP contribution in [0.1, 0.15) is 45.1 Å². The Kier molecular flexibility index (Phi) is 6.81. The summed E-state index contributed by atoms with van der Waals surface area (Å²) in [6, 6.07) is 3.80. The molecule has 30 heavy (non-hydrogen) atoms. The highest BCUT2D eigenvalue weighted by molar-refractivity contribution is 7.13. The zero-order valence-electron chi connectivity index (χ0n) is 17.9. The zero-order valence-corrected chi connectivity index (χ0v) is 18.7. The van der Waals surface area contributed by atoms with Gasteiger partial charge in [-0.05, 0) is 31.4 Å². The van der Waals surface area contributed by atoms with Crippen LogP contribution in [0.5, 0.6) is 0 Å². The minimum Gasteiger partial charge on any atom is -0.459 e. The van der Waals surface area contributed by atoms with Crippen LogP contribution in [0.4, 0.5) is 11.5 Å². The van der Waals surface area contributed by atoms with Crippen molar-refractivity contribution in [2.75, 3.05) is 17.2 Å². The number of aromatic nitrogens is 3. The number of aryl methyl sites for hydroxylation is 1. The fraction of sp³-hybridized carbons (Fsp3) is 0.476. The molecule has 3 N–H and O–H groups in total. The molecule has 0 fully saturated rings. The number of H-pyrrole nitrogens is 1. The van der Waals surface area contributed by atoms with Crippen molar-refractivity contribution in [2.45, 2.75) is 53.6 Å².